The van der Waals surface area contributed by atoms with E-state index in [0.717, 1.165) is 88.6 Å². The van der Waals surface area contributed by atoms with E-state index in [1.165, 1.54) is 36.8 Å². The van der Waals surface area contributed by atoms with E-state index in [2.05, 4.69) is 58.1 Å². The first-order chi connectivity index (χ1) is 26.6. The number of unbranched alkanes of at least 4 members (excludes halogenated alkanes) is 8. The second-order valence-electron chi connectivity index (χ2n) is 14.5. The highest BCUT2D eigenvalue weighted by Gasteiger charge is 2.36. The number of esters is 2. The molecule has 1 aliphatic rings. The molecule has 1 aliphatic heterocycles. The van der Waals surface area contributed by atoms with E-state index >= 15 is 0 Å². The average Bonchev–Trinajstić information content (AvgIpc) is 3.86. The van der Waals surface area contributed by atoms with E-state index < -0.39 is 32.5 Å². The van der Waals surface area contributed by atoms with Crippen LogP contribution in [0.3, 0.4) is 0 Å². The predicted molar refractivity (Wildman–Crippen MR) is 218 cm³/mol. The van der Waals surface area contributed by atoms with Gasteiger partial charge in [0, 0.05) is 32.2 Å². The van der Waals surface area contributed by atoms with E-state index in [9.17, 15) is 19.0 Å². The van der Waals surface area contributed by atoms with Gasteiger partial charge in [-0.25, -0.2) is 4.57 Å². The number of furan rings is 1. The summed E-state index contributed by atoms with van der Waals surface area (Å²) in [6.45, 7) is 7.77. The number of hydrogen-bond acceptors (Lipinski definition) is 10. The quantitative estimate of drug-likeness (QED) is 0.0225. The fraction of sp³-hybridized carbons (Fsp3) is 0.721. The van der Waals surface area contributed by atoms with Crippen molar-refractivity contribution in [3.63, 3.8) is 0 Å². The fourth-order valence-corrected chi connectivity index (χ4v) is 6.94. The molecule has 12 heteroatoms. The lowest BCUT2D eigenvalue weighted by atomic mass is 10.0. The van der Waals surface area contributed by atoms with E-state index in [-0.39, 0.29) is 32.6 Å². The molecule has 2 rings (SSSR count). The summed E-state index contributed by atoms with van der Waals surface area (Å²) in [6, 6.07) is 0. The summed E-state index contributed by atoms with van der Waals surface area (Å²) in [6.07, 6.45) is 30.8. The van der Waals surface area contributed by atoms with Crippen LogP contribution in [-0.4, -0.2) is 61.5 Å². The summed E-state index contributed by atoms with van der Waals surface area (Å²) in [5.74, 6) is 1.28. The number of hydrogen-bond donors (Lipinski definition) is 2. The molecule has 55 heavy (non-hydrogen) atoms. The van der Waals surface area contributed by atoms with E-state index in [1.807, 2.05) is 6.08 Å². The third-order valence-electron chi connectivity index (χ3n) is 9.63. The van der Waals surface area contributed by atoms with Gasteiger partial charge in [-0.15, -0.1) is 0 Å². The van der Waals surface area contributed by atoms with Crippen LogP contribution in [0.15, 0.2) is 40.9 Å². The minimum atomic E-state index is -4.41. The number of rotatable bonds is 34. The van der Waals surface area contributed by atoms with Crippen molar-refractivity contribution in [1.29, 1.82) is 0 Å². The van der Waals surface area contributed by atoms with Crippen molar-refractivity contribution in [2.75, 3.05) is 26.4 Å². The maximum atomic E-state index is 12.6. The third kappa shape index (κ3) is 23.3. The molecule has 0 amide bonds. The highest BCUT2D eigenvalue weighted by atomic mass is 31.2. The van der Waals surface area contributed by atoms with Gasteiger partial charge in [-0.2, -0.15) is 0 Å². The molecule has 1 aromatic heterocycles. The van der Waals surface area contributed by atoms with Gasteiger partial charge in [-0.3, -0.25) is 18.6 Å². The van der Waals surface area contributed by atoms with Gasteiger partial charge in [0.1, 0.15) is 18.1 Å². The van der Waals surface area contributed by atoms with Crippen LogP contribution in [0.1, 0.15) is 152 Å². The highest BCUT2D eigenvalue weighted by Crippen LogP contribution is 2.43. The number of phosphoric ester groups is 1. The summed E-state index contributed by atoms with van der Waals surface area (Å²) in [7, 11) is -4.41. The largest absolute Gasteiger partial charge is 0.472 e. The Hall–Kier alpha value is -2.53. The lowest BCUT2D eigenvalue weighted by molar-refractivity contribution is -0.161. The zero-order chi connectivity index (χ0) is 40.2. The summed E-state index contributed by atoms with van der Waals surface area (Å²) in [5.41, 5.74) is 7.90. The van der Waals surface area contributed by atoms with Crippen LogP contribution in [0, 0.1) is 13.8 Å². The number of nitrogens with two attached hydrogens (primary N) is 1. The van der Waals surface area contributed by atoms with Crippen LogP contribution >= 0.6 is 7.82 Å². The highest BCUT2D eigenvalue weighted by molar-refractivity contribution is 7.47. The molecule has 0 aromatic carbocycles. The van der Waals surface area contributed by atoms with Crippen LogP contribution in [0.25, 0.3) is 0 Å². The molecular weight excluding hydrogens is 721 g/mol. The zero-order valence-electron chi connectivity index (χ0n) is 34.3. The number of carbonyl (C=O) groups excluding carboxylic acids is 2. The minimum absolute atomic E-state index is 0.0349. The van der Waals surface area contributed by atoms with Crippen LogP contribution < -0.4 is 5.73 Å². The van der Waals surface area contributed by atoms with Gasteiger partial charge in [0.2, 0.25) is 0 Å². The molecule has 0 radical (unpaired) electrons. The maximum absolute atomic E-state index is 12.6. The molecule has 1 saturated heterocycles. The Kier molecular flexibility index (Phi) is 26.2. The normalized spacial score (nSPS) is 17.3. The summed E-state index contributed by atoms with van der Waals surface area (Å²) in [4.78, 5) is 34.9. The minimum Gasteiger partial charge on any atom is -0.466 e. The van der Waals surface area contributed by atoms with Crippen molar-refractivity contribution in [2.24, 2.45) is 5.73 Å². The second-order valence-corrected chi connectivity index (χ2v) is 15.9. The number of allylic oxidation sites excluding steroid dienone is 5. The van der Waals surface area contributed by atoms with Gasteiger partial charge in [-0.1, -0.05) is 95.2 Å². The molecule has 1 fully saturated rings. The number of ether oxygens (including phenoxy) is 3. The van der Waals surface area contributed by atoms with Crippen LogP contribution in [0.5, 0.6) is 0 Å². The first-order valence-corrected chi connectivity index (χ1v) is 22.4. The average molecular weight is 794 g/mol. The summed E-state index contributed by atoms with van der Waals surface area (Å²) in [5, 5.41) is 0. The summed E-state index contributed by atoms with van der Waals surface area (Å²) >= 11 is 0. The molecule has 1 aromatic rings. The standard InChI is InChI=1S/C43H72NO10P/c1-5-7-20-27-40-41(54-40)28-22-17-12-10-8-9-11-13-18-23-29-42(45)49-33-37(34-51-55(47,48)50-32-31-44)52-43(46)30-24-19-15-14-16-21-26-39-36(4)35(3)38(53-39)25-6-2/h8,10-11,13,17,22,37,40-41H,5-7,9,12,14-16,18-21,23-34,44H2,1-4H3,(H,47,48)/b10-8-,13-11-,22-17-/t37-,40?,41?/m1/s1. The number of phosphoric acid groups is 1. The molecule has 0 aliphatic carbocycles. The van der Waals surface area contributed by atoms with Crippen molar-refractivity contribution in [3.8, 4) is 0 Å². The number of epoxide rings is 1. The molecular formula is C43H72NO10P. The van der Waals surface area contributed by atoms with E-state index in [4.69, 9.17) is 33.4 Å². The van der Waals surface area contributed by atoms with Crippen LogP contribution in [0.4, 0.5) is 0 Å². The molecule has 3 N–H and O–H groups in total. The molecule has 3 unspecified atom stereocenters. The lowest BCUT2D eigenvalue weighted by Gasteiger charge is -2.19. The molecule has 0 saturated carbocycles. The maximum Gasteiger partial charge on any atom is 0.472 e. The Labute approximate surface area is 331 Å². The first-order valence-electron chi connectivity index (χ1n) is 20.9. The van der Waals surface area contributed by atoms with E-state index in [0.29, 0.717) is 25.0 Å². The Morgan fingerprint density at radius 1 is 0.764 bits per heavy atom. The number of aryl methyl sites for hydroxylation is 2. The molecule has 314 valence electrons. The van der Waals surface area contributed by atoms with Gasteiger partial charge >= 0.3 is 19.8 Å². The molecule has 4 atom stereocenters. The van der Waals surface area contributed by atoms with Gasteiger partial charge in [0.15, 0.2) is 6.10 Å². The van der Waals surface area contributed by atoms with Crippen molar-refractivity contribution < 1.29 is 46.7 Å². The van der Waals surface area contributed by atoms with Crippen molar-refractivity contribution in [2.45, 2.75) is 174 Å². The van der Waals surface area contributed by atoms with Gasteiger partial charge in [-0.05, 0) is 82.8 Å². The smallest absolute Gasteiger partial charge is 0.466 e. The monoisotopic (exact) mass is 793 g/mol. The Morgan fingerprint density at radius 2 is 1.42 bits per heavy atom. The Bertz CT molecular complexity index is 1340. The van der Waals surface area contributed by atoms with Gasteiger partial charge < -0.3 is 29.3 Å². The Balaban J connectivity index is 1.60. The number of carbonyl (C=O) groups is 2. The van der Waals surface area contributed by atoms with Crippen molar-refractivity contribution in [1.82, 2.24) is 0 Å². The molecule has 11 nitrogen and oxygen atoms in total. The molecule has 2 heterocycles. The van der Waals surface area contributed by atoms with Gasteiger partial charge in [0.25, 0.3) is 0 Å². The van der Waals surface area contributed by atoms with Crippen molar-refractivity contribution in [3.05, 3.63) is 59.1 Å². The topological polar surface area (TPSA) is 160 Å². The van der Waals surface area contributed by atoms with Crippen LogP contribution in [0.2, 0.25) is 0 Å². The SMILES string of the molecule is CCCCCC1OC1C/C=C\C/C=C\C/C=C\CCCC(=O)OC[C@H](COP(=O)(O)OCCN)OC(=O)CCCCCCCCc1oc(CCC)c(C)c1C. The molecule has 0 bridgehead atoms. The zero-order valence-corrected chi connectivity index (χ0v) is 35.2. The second kappa shape index (κ2) is 29.7. The van der Waals surface area contributed by atoms with Crippen LogP contribution in [-0.2, 0) is 50.3 Å². The van der Waals surface area contributed by atoms with E-state index in [1.54, 1.807) is 0 Å². The summed E-state index contributed by atoms with van der Waals surface area (Å²) < 4.78 is 44.6. The Morgan fingerprint density at radius 3 is 2.13 bits per heavy atom. The first kappa shape index (κ1) is 48.6. The van der Waals surface area contributed by atoms with Crippen molar-refractivity contribution >= 4 is 19.8 Å². The lowest BCUT2D eigenvalue weighted by Crippen LogP contribution is -2.29. The predicted octanol–water partition coefficient (Wildman–Crippen LogP) is 10.0. The fourth-order valence-electron chi connectivity index (χ4n) is 6.18. The molecule has 0 spiro atoms. The van der Waals surface area contributed by atoms with Gasteiger partial charge in [0.05, 0.1) is 25.4 Å². The third-order valence-corrected chi connectivity index (χ3v) is 10.6.